The number of rotatable bonds is 4. The van der Waals surface area contributed by atoms with Gasteiger partial charge in [0.25, 0.3) is 0 Å². The SMILES string of the molecule is CCc1ccccc1NC(C)c1cc2cc(Br)ccc2o1. The fourth-order valence-corrected chi connectivity index (χ4v) is 2.90. The van der Waals surface area contributed by atoms with Crippen LogP contribution in [0.2, 0.25) is 0 Å². The highest BCUT2D eigenvalue weighted by molar-refractivity contribution is 9.10. The first kappa shape index (κ1) is 14.2. The van der Waals surface area contributed by atoms with Crippen LogP contribution in [0.1, 0.15) is 31.2 Å². The predicted molar refractivity (Wildman–Crippen MR) is 91.8 cm³/mol. The first-order valence-electron chi connectivity index (χ1n) is 7.21. The fourth-order valence-electron chi connectivity index (χ4n) is 2.52. The Bertz CT molecular complexity index is 763. The van der Waals surface area contributed by atoms with Gasteiger partial charge in [-0.1, -0.05) is 41.1 Å². The van der Waals surface area contributed by atoms with E-state index in [4.69, 9.17) is 4.42 Å². The lowest BCUT2D eigenvalue weighted by atomic mass is 10.1. The summed E-state index contributed by atoms with van der Waals surface area (Å²) in [5, 5.41) is 4.67. The maximum atomic E-state index is 5.95. The Morgan fingerprint density at radius 2 is 1.95 bits per heavy atom. The van der Waals surface area contributed by atoms with Crippen LogP contribution >= 0.6 is 15.9 Å². The molecule has 0 amide bonds. The van der Waals surface area contributed by atoms with Crippen LogP contribution in [0.3, 0.4) is 0 Å². The van der Waals surface area contributed by atoms with Gasteiger partial charge >= 0.3 is 0 Å². The first-order chi connectivity index (χ1) is 10.2. The van der Waals surface area contributed by atoms with E-state index >= 15 is 0 Å². The van der Waals surface area contributed by atoms with Crippen molar-refractivity contribution in [3.8, 4) is 0 Å². The molecule has 1 atom stereocenters. The molecule has 0 spiro atoms. The van der Waals surface area contributed by atoms with Crippen LogP contribution in [-0.2, 0) is 6.42 Å². The molecule has 108 valence electrons. The molecule has 1 aromatic heterocycles. The van der Waals surface area contributed by atoms with Gasteiger partial charge in [-0.25, -0.2) is 0 Å². The average Bonchev–Trinajstić information content (AvgIpc) is 2.91. The zero-order valence-electron chi connectivity index (χ0n) is 12.2. The molecule has 0 fully saturated rings. The lowest BCUT2D eigenvalue weighted by Crippen LogP contribution is -2.07. The van der Waals surface area contributed by atoms with Gasteiger partial charge in [-0.05, 0) is 49.2 Å². The summed E-state index contributed by atoms with van der Waals surface area (Å²) < 4.78 is 7.02. The van der Waals surface area contributed by atoms with Gasteiger partial charge in [0.05, 0.1) is 6.04 Å². The minimum atomic E-state index is 0.129. The molecule has 0 saturated carbocycles. The predicted octanol–water partition coefficient (Wildman–Crippen LogP) is 5.93. The molecule has 3 rings (SSSR count). The second-order valence-electron chi connectivity index (χ2n) is 5.21. The number of fused-ring (bicyclic) bond motifs is 1. The largest absolute Gasteiger partial charge is 0.459 e. The highest BCUT2D eigenvalue weighted by Gasteiger charge is 2.12. The summed E-state index contributed by atoms with van der Waals surface area (Å²) >= 11 is 3.49. The lowest BCUT2D eigenvalue weighted by Gasteiger charge is -2.15. The highest BCUT2D eigenvalue weighted by Crippen LogP contribution is 2.29. The van der Waals surface area contributed by atoms with E-state index in [0.29, 0.717) is 0 Å². The van der Waals surface area contributed by atoms with Crippen molar-refractivity contribution in [2.45, 2.75) is 26.3 Å². The first-order valence-corrected chi connectivity index (χ1v) is 8.00. The van der Waals surface area contributed by atoms with E-state index in [2.05, 4.69) is 71.5 Å². The standard InChI is InChI=1S/C18H18BrNO/c1-3-13-6-4-5-7-16(13)20-12(2)18-11-14-10-15(19)8-9-17(14)21-18/h4-12,20H,3H2,1-2H3. The molecule has 0 aliphatic rings. The van der Waals surface area contributed by atoms with Crippen molar-refractivity contribution in [3.63, 3.8) is 0 Å². The van der Waals surface area contributed by atoms with Gasteiger partial charge in [-0.3, -0.25) is 0 Å². The Morgan fingerprint density at radius 3 is 2.76 bits per heavy atom. The summed E-state index contributed by atoms with van der Waals surface area (Å²) in [4.78, 5) is 0. The monoisotopic (exact) mass is 343 g/mol. The molecule has 0 aliphatic heterocycles. The van der Waals surface area contributed by atoms with Crippen molar-refractivity contribution in [2.75, 3.05) is 5.32 Å². The van der Waals surface area contributed by atoms with Crippen LogP contribution < -0.4 is 5.32 Å². The number of furan rings is 1. The summed E-state index contributed by atoms with van der Waals surface area (Å²) in [6.45, 7) is 4.29. The van der Waals surface area contributed by atoms with Gasteiger partial charge in [0.1, 0.15) is 11.3 Å². The molecular formula is C18H18BrNO. The number of anilines is 1. The summed E-state index contributed by atoms with van der Waals surface area (Å²) in [6, 6.07) is 16.7. The van der Waals surface area contributed by atoms with Crippen LogP contribution in [0, 0.1) is 0 Å². The Hall–Kier alpha value is -1.74. The third-order valence-corrected chi connectivity index (χ3v) is 4.19. The molecule has 0 aliphatic carbocycles. The molecule has 1 N–H and O–H groups in total. The Morgan fingerprint density at radius 1 is 1.14 bits per heavy atom. The molecule has 1 heterocycles. The third-order valence-electron chi connectivity index (χ3n) is 3.69. The number of nitrogens with one attached hydrogen (secondary N) is 1. The molecule has 0 radical (unpaired) electrons. The quantitative estimate of drug-likeness (QED) is 0.634. The second kappa shape index (κ2) is 5.94. The van der Waals surface area contributed by atoms with Gasteiger partial charge in [-0.2, -0.15) is 0 Å². The van der Waals surface area contributed by atoms with Crippen molar-refractivity contribution >= 4 is 32.6 Å². The molecule has 2 nitrogen and oxygen atoms in total. The molecule has 3 heteroatoms. The lowest BCUT2D eigenvalue weighted by molar-refractivity contribution is 0.526. The van der Waals surface area contributed by atoms with Crippen molar-refractivity contribution < 1.29 is 4.42 Å². The second-order valence-corrected chi connectivity index (χ2v) is 6.12. The number of hydrogen-bond donors (Lipinski definition) is 1. The van der Waals surface area contributed by atoms with Gasteiger partial charge in [0.2, 0.25) is 0 Å². The molecule has 0 saturated heterocycles. The van der Waals surface area contributed by atoms with Gasteiger partial charge in [0.15, 0.2) is 0 Å². The minimum Gasteiger partial charge on any atom is -0.459 e. The van der Waals surface area contributed by atoms with Crippen molar-refractivity contribution in [1.29, 1.82) is 0 Å². The van der Waals surface area contributed by atoms with Crippen molar-refractivity contribution in [3.05, 3.63) is 64.3 Å². The zero-order chi connectivity index (χ0) is 14.8. The average molecular weight is 344 g/mol. The Balaban J connectivity index is 1.88. The fraction of sp³-hybridized carbons (Fsp3) is 0.222. The van der Waals surface area contributed by atoms with Crippen LogP contribution in [-0.4, -0.2) is 0 Å². The maximum absolute atomic E-state index is 5.95. The normalized spacial score (nSPS) is 12.5. The van der Waals surface area contributed by atoms with E-state index in [9.17, 15) is 0 Å². The maximum Gasteiger partial charge on any atom is 0.134 e. The van der Waals surface area contributed by atoms with Gasteiger partial charge in [-0.15, -0.1) is 0 Å². The van der Waals surface area contributed by atoms with E-state index < -0.39 is 0 Å². The van der Waals surface area contributed by atoms with Crippen LogP contribution in [0.5, 0.6) is 0 Å². The summed E-state index contributed by atoms with van der Waals surface area (Å²) in [6.07, 6.45) is 1.02. The molecule has 0 bridgehead atoms. The summed E-state index contributed by atoms with van der Waals surface area (Å²) in [7, 11) is 0. The van der Waals surface area contributed by atoms with E-state index in [1.165, 1.54) is 11.3 Å². The number of benzene rings is 2. The van der Waals surface area contributed by atoms with Crippen molar-refractivity contribution in [1.82, 2.24) is 0 Å². The molecule has 3 aromatic rings. The van der Waals surface area contributed by atoms with E-state index in [1.807, 2.05) is 12.1 Å². The topological polar surface area (TPSA) is 25.2 Å². The zero-order valence-corrected chi connectivity index (χ0v) is 13.8. The van der Waals surface area contributed by atoms with Crippen molar-refractivity contribution in [2.24, 2.45) is 0 Å². The Kier molecular flexibility index (Phi) is 4.02. The minimum absolute atomic E-state index is 0.129. The van der Waals surface area contributed by atoms with Gasteiger partial charge in [0, 0.05) is 15.5 Å². The smallest absolute Gasteiger partial charge is 0.134 e. The van der Waals surface area contributed by atoms with E-state index in [-0.39, 0.29) is 6.04 Å². The third kappa shape index (κ3) is 2.98. The van der Waals surface area contributed by atoms with E-state index in [0.717, 1.165) is 27.6 Å². The van der Waals surface area contributed by atoms with Crippen LogP contribution in [0.4, 0.5) is 5.69 Å². The molecular weight excluding hydrogens is 326 g/mol. The number of para-hydroxylation sites is 1. The molecule has 21 heavy (non-hydrogen) atoms. The highest BCUT2D eigenvalue weighted by atomic mass is 79.9. The molecule has 1 unspecified atom stereocenters. The summed E-state index contributed by atoms with van der Waals surface area (Å²) in [5.41, 5.74) is 3.42. The molecule has 2 aromatic carbocycles. The van der Waals surface area contributed by atoms with Crippen LogP contribution in [0.15, 0.2) is 57.4 Å². The Labute approximate surface area is 133 Å². The summed E-state index contributed by atoms with van der Waals surface area (Å²) in [5.74, 6) is 0.953. The van der Waals surface area contributed by atoms with Gasteiger partial charge < -0.3 is 9.73 Å². The number of halogens is 1. The number of aryl methyl sites for hydroxylation is 1. The van der Waals surface area contributed by atoms with E-state index in [1.54, 1.807) is 0 Å². The van der Waals surface area contributed by atoms with Crippen LogP contribution in [0.25, 0.3) is 11.0 Å². The number of hydrogen-bond acceptors (Lipinski definition) is 2.